The van der Waals surface area contributed by atoms with Gasteiger partial charge in [0.1, 0.15) is 0 Å². The van der Waals surface area contributed by atoms with Crippen LogP contribution >= 0.6 is 0 Å². The lowest BCUT2D eigenvalue weighted by Gasteiger charge is -2.25. The SMILES string of the molecule is CCC1(C(=O)O)CCN(C(=O)C(C)CCCC(C)N)C1. The fourth-order valence-corrected chi connectivity index (χ4v) is 2.86. The van der Waals surface area contributed by atoms with E-state index in [0.29, 0.717) is 25.9 Å². The Morgan fingerprint density at radius 2 is 2.00 bits per heavy atom. The number of hydrogen-bond acceptors (Lipinski definition) is 3. The van der Waals surface area contributed by atoms with Gasteiger partial charge in [-0.2, -0.15) is 0 Å². The first-order valence-corrected chi connectivity index (χ1v) is 7.60. The molecule has 116 valence electrons. The molecule has 3 atom stereocenters. The Morgan fingerprint density at radius 1 is 1.35 bits per heavy atom. The predicted octanol–water partition coefficient (Wildman–Crippen LogP) is 1.85. The molecule has 5 heteroatoms. The zero-order chi connectivity index (χ0) is 15.3. The van der Waals surface area contributed by atoms with E-state index in [1.165, 1.54) is 0 Å². The summed E-state index contributed by atoms with van der Waals surface area (Å²) < 4.78 is 0. The normalized spacial score (nSPS) is 25.5. The molecule has 0 aromatic heterocycles. The molecule has 1 amide bonds. The summed E-state index contributed by atoms with van der Waals surface area (Å²) in [7, 11) is 0. The number of amides is 1. The molecule has 0 spiro atoms. The molecule has 3 N–H and O–H groups in total. The number of carboxylic acids is 1. The van der Waals surface area contributed by atoms with Crippen molar-refractivity contribution in [3.63, 3.8) is 0 Å². The molecule has 0 bridgehead atoms. The van der Waals surface area contributed by atoms with Crippen molar-refractivity contribution in [1.29, 1.82) is 0 Å². The number of rotatable bonds is 7. The van der Waals surface area contributed by atoms with Crippen LogP contribution in [0.4, 0.5) is 0 Å². The van der Waals surface area contributed by atoms with Crippen LogP contribution in [0.2, 0.25) is 0 Å². The largest absolute Gasteiger partial charge is 0.481 e. The molecule has 1 aliphatic rings. The van der Waals surface area contributed by atoms with Gasteiger partial charge < -0.3 is 15.7 Å². The van der Waals surface area contributed by atoms with Crippen LogP contribution in [0.1, 0.15) is 52.9 Å². The maximum atomic E-state index is 12.3. The number of nitrogens with zero attached hydrogens (tertiary/aromatic N) is 1. The van der Waals surface area contributed by atoms with E-state index in [4.69, 9.17) is 5.73 Å². The number of likely N-dealkylation sites (tertiary alicyclic amines) is 1. The second-order valence-corrected chi connectivity index (χ2v) is 6.26. The summed E-state index contributed by atoms with van der Waals surface area (Å²) in [6, 6.07) is 0.170. The second-order valence-electron chi connectivity index (χ2n) is 6.26. The first-order chi connectivity index (χ1) is 9.32. The maximum Gasteiger partial charge on any atom is 0.311 e. The Morgan fingerprint density at radius 3 is 2.45 bits per heavy atom. The third kappa shape index (κ3) is 3.95. The van der Waals surface area contributed by atoms with E-state index in [0.717, 1.165) is 19.3 Å². The summed E-state index contributed by atoms with van der Waals surface area (Å²) in [6.07, 6.45) is 3.83. The van der Waals surface area contributed by atoms with Crippen LogP contribution in [-0.2, 0) is 9.59 Å². The number of carbonyl (C=O) groups excluding carboxylic acids is 1. The third-order valence-corrected chi connectivity index (χ3v) is 4.51. The molecule has 20 heavy (non-hydrogen) atoms. The average molecular weight is 284 g/mol. The van der Waals surface area contributed by atoms with Crippen molar-refractivity contribution in [2.75, 3.05) is 13.1 Å². The number of nitrogens with two attached hydrogens (primary N) is 1. The number of hydrogen-bond donors (Lipinski definition) is 2. The van der Waals surface area contributed by atoms with E-state index in [1.54, 1.807) is 4.90 Å². The summed E-state index contributed by atoms with van der Waals surface area (Å²) in [5.41, 5.74) is 4.97. The van der Waals surface area contributed by atoms with Crippen molar-refractivity contribution in [2.24, 2.45) is 17.1 Å². The molecule has 0 aliphatic carbocycles. The highest BCUT2D eigenvalue weighted by Gasteiger charge is 2.45. The molecule has 1 saturated heterocycles. The summed E-state index contributed by atoms with van der Waals surface area (Å²) in [4.78, 5) is 25.5. The number of carbonyl (C=O) groups is 2. The lowest BCUT2D eigenvalue weighted by Crippen LogP contribution is -2.38. The topological polar surface area (TPSA) is 83.6 Å². The molecule has 0 saturated carbocycles. The van der Waals surface area contributed by atoms with Crippen LogP contribution in [-0.4, -0.2) is 41.0 Å². The van der Waals surface area contributed by atoms with Crippen LogP contribution in [0.3, 0.4) is 0 Å². The van der Waals surface area contributed by atoms with Gasteiger partial charge >= 0.3 is 5.97 Å². The van der Waals surface area contributed by atoms with E-state index >= 15 is 0 Å². The lowest BCUT2D eigenvalue weighted by atomic mass is 9.84. The standard InChI is InChI=1S/C15H28N2O3/c1-4-15(14(19)20)8-9-17(10-15)13(18)11(2)6-5-7-12(3)16/h11-12H,4-10,16H2,1-3H3,(H,19,20). The Bertz CT molecular complexity index is 357. The number of aliphatic carboxylic acids is 1. The molecule has 0 aromatic rings. The summed E-state index contributed by atoms with van der Waals surface area (Å²) in [5.74, 6) is -0.735. The fraction of sp³-hybridized carbons (Fsp3) is 0.867. The Hall–Kier alpha value is -1.10. The van der Waals surface area contributed by atoms with E-state index in [2.05, 4.69) is 0 Å². The minimum atomic E-state index is -0.778. The van der Waals surface area contributed by atoms with Crippen molar-refractivity contribution in [3.8, 4) is 0 Å². The van der Waals surface area contributed by atoms with Crippen molar-refractivity contribution < 1.29 is 14.7 Å². The molecule has 0 aromatic carbocycles. The van der Waals surface area contributed by atoms with Gasteiger partial charge in [-0.15, -0.1) is 0 Å². The quantitative estimate of drug-likeness (QED) is 0.747. The van der Waals surface area contributed by atoms with Crippen LogP contribution in [0.5, 0.6) is 0 Å². The molecule has 1 rings (SSSR count). The van der Waals surface area contributed by atoms with Gasteiger partial charge in [-0.3, -0.25) is 9.59 Å². The van der Waals surface area contributed by atoms with Gasteiger partial charge in [0.2, 0.25) is 5.91 Å². The van der Waals surface area contributed by atoms with Gasteiger partial charge in [0.15, 0.2) is 0 Å². The second kappa shape index (κ2) is 7.07. The Balaban J connectivity index is 2.51. The van der Waals surface area contributed by atoms with Crippen LogP contribution in [0.15, 0.2) is 0 Å². The maximum absolute atomic E-state index is 12.3. The van der Waals surface area contributed by atoms with Crippen LogP contribution in [0, 0.1) is 11.3 Å². The van der Waals surface area contributed by atoms with E-state index in [1.807, 2.05) is 20.8 Å². The van der Waals surface area contributed by atoms with Crippen LogP contribution < -0.4 is 5.73 Å². The van der Waals surface area contributed by atoms with Crippen molar-refractivity contribution in [1.82, 2.24) is 4.90 Å². The third-order valence-electron chi connectivity index (χ3n) is 4.51. The van der Waals surface area contributed by atoms with Gasteiger partial charge in [0.05, 0.1) is 5.41 Å². The van der Waals surface area contributed by atoms with Crippen molar-refractivity contribution >= 4 is 11.9 Å². The van der Waals surface area contributed by atoms with Gasteiger partial charge in [-0.05, 0) is 32.6 Å². The summed E-state index contributed by atoms with van der Waals surface area (Å²) in [5, 5.41) is 9.35. The first kappa shape index (κ1) is 17.0. The highest BCUT2D eigenvalue weighted by atomic mass is 16.4. The van der Waals surface area contributed by atoms with E-state index in [9.17, 15) is 14.7 Å². The molecule has 1 heterocycles. The molecule has 1 aliphatic heterocycles. The molecule has 3 unspecified atom stereocenters. The van der Waals surface area contributed by atoms with Crippen molar-refractivity contribution in [2.45, 2.75) is 58.9 Å². The molecule has 0 radical (unpaired) electrons. The van der Waals surface area contributed by atoms with Gasteiger partial charge in [-0.25, -0.2) is 0 Å². The average Bonchev–Trinajstić information content (AvgIpc) is 2.83. The summed E-state index contributed by atoms with van der Waals surface area (Å²) in [6.45, 7) is 6.70. The fourth-order valence-electron chi connectivity index (χ4n) is 2.86. The minimum absolute atomic E-state index is 0.0461. The van der Waals surface area contributed by atoms with Crippen molar-refractivity contribution in [3.05, 3.63) is 0 Å². The predicted molar refractivity (Wildman–Crippen MR) is 78.2 cm³/mol. The smallest absolute Gasteiger partial charge is 0.311 e. The lowest BCUT2D eigenvalue weighted by molar-refractivity contribution is -0.149. The van der Waals surface area contributed by atoms with Gasteiger partial charge in [-0.1, -0.05) is 20.3 Å². The summed E-state index contributed by atoms with van der Waals surface area (Å²) >= 11 is 0. The highest BCUT2D eigenvalue weighted by Crippen LogP contribution is 2.35. The Labute approximate surface area is 121 Å². The molecular weight excluding hydrogens is 256 g/mol. The number of carboxylic acid groups (broad SMARTS) is 1. The molecule has 5 nitrogen and oxygen atoms in total. The van der Waals surface area contributed by atoms with Gasteiger partial charge in [0, 0.05) is 25.0 Å². The molecular formula is C15H28N2O3. The van der Waals surface area contributed by atoms with E-state index < -0.39 is 11.4 Å². The first-order valence-electron chi connectivity index (χ1n) is 7.60. The minimum Gasteiger partial charge on any atom is -0.481 e. The zero-order valence-electron chi connectivity index (χ0n) is 12.9. The van der Waals surface area contributed by atoms with E-state index in [-0.39, 0.29) is 17.9 Å². The Kier molecular flexibility index (Phi) is 5.99. The monoisotopic (exact) mass is 284 g/mol. The zero-order valence-corrected chi connectivity index (χ0v) is 12.9. The van der Waals surface area contributed by atoms with Crippen LogP contribution in [0.25, 0.3) is 0 Å². The van der Waals surface area contributed by atoms with Gasteiger partial charge in [0.25, 0.3) is 0 Å². The molecule has 1 fully saturated rings. The highest BCUT2D eigenvalue weighted by molar-refractivity contribution is 5.82.